The zero-order chi connectivity index (χ0) is 19.6. The van der Waals surface area contributed by atoms with Crippen LogP contribution in [0.1, 0.15) is 21.5 Å². The number of carbonyl (C=O) groups is 2. The monoisotopic (exact) mass is 400 g/mol. The van der Waals surface area contributed by atoms with Gasteiger partial charge in [-0.05, 0) is 36.8 Å². The maximum absolute atomic E-state index is 12.2. The lowest BCUT2D eigenvalue weighted by molar-refractivity contribution is -0.385. The van der Waals surface area contributed by atoms with E-state index in [0.717, 1.165) is 5.56 Å². The van der Waals surface area contributed by atoms with Crippen LogP contribution < -0.4 is 10.1 Å². The Morgan fingerprint density at radius 2 is 1.96 bits per heavy atom. The summed E-state index contributed by atoms with van der Waals surface area (Å²) < 4.78 is 5.66. The Hall–Kier alpha value is -3.04. The summed E-state index contributed by atoms with van der Waals surface area (Å²) in [7, 11) is 0. The van der Waals surface area contributed by atoms with E-state index in [1.54, 1.807) is 37.3 Å². The van der Waals surface area contributed by atoms with E-state index in [4.69, 9.17) is 17.0 Å². The van der Waals surface area contributed by atoms with Gasteiger partial charge in [-0.2, -0.15) is 0 Å². The largest absolute Gasteiger partial charge is 0.423 e. The number of carbonyl (C=O) groups excluding carboxylic acids is 2. The lowest BCUT2D eigenvalue weighted by Crippen LogP contribution is -2.17. The summed E-state index contributed by atoms with van der Waals surface area (Å²) in [5.41, 5.74) is 1.15. The summed E-state index contributed by atoms with van der Waals surface area (Å²) in [6.45, 7) is 1.59. The first-order chi connectivity index (χ1) is 12.8. The van der Waals surface area contributed by atoms with Crippen LogP contribution in [0.3, 0.4) is 0 Å². The molecule has 0 spiro atoms. The van der Waals surface area contributed by atoms with Crippen LogP contribution in [0.2, 0.25) is 0 Å². The predicted molar refractivity (Wildman–Crippen MR) is 106 cm³/mol. The van der Waals surface area contributed by atoms with Crippen molar-refractivity contribution in [2.24, 2.45) is 0 Å². The summed E-state index contributed by atoms with van der Waals surface area (Å²) in [5.74, 6) is -0.661. The molecule has 27 heavy (non-hydrogen) atoms. The number of amides is 1. The van der Waals surface area contributed by atoms with E-state index < -0.39 is 10.9 Å². The number of nitro groups is 1. The minimum absolute atomic E-state index is 0.0889. The minimum atomic E-state index is -0.694. The Kier molecular flexibility index (Phi) is 5.33. The lowest BCUT2D eigenvalue weighted by atomic mass is 10.1. The number of benzene rings is 2. The van der Waals surface area contributed by atoms with Crippen molar-refractivity contribution in [2.75, 3.05) is 0 Å². The van der Waals surface area contributed by atoms with E-state index in [1.165, 1.54) is 30.0 Å². The molecule has 1 heterocycles. The molecule has 1 aliphatic heterocycles. The normalized spacial score (nSPS) is 14.9. The van der Waals surface area contributed by atoms with E-state index in [9.17, 15) is 19.7 Å². The smallest absolute Gasteiger partial charge is 0.343 e. The minimum Gasteiger partial charge on any atom is -0.423 e. The highest BCUT2D eigenvalue weighted by Gasteiger charge is 2.22. The molecule has 0 aliphatic carbocycles. The van der Waals surface area contributed by atoms with Crippen LogP contribution in [0.4, 0.5) is 5.69 Å². The Balaban J connectivity index is 1.73. The van der Waals surface area contributed by atoms with Crippen LogP contribution in [0.25, 0.3) is 6.08 Å². The highest BCUT2D eigenvalue weighted by molar-refractivity contribution is 8.26. The Labute approximate surface area is 163 Å². The molecule has 1 amide bonds. The molecule has 9 heteroatoms. The summed E-state index contributed by atoms with van der Waals surface area (Å²) in [6, 6.07) is 10.7. The third-order valence-electron chi connectivity index (χ3n) is 3.67. The van der Waals surface area contributed by atoms with Gasteiger partial charge in [-0.1, -0.05) is 42.2 Å². The number of esters is 1. The van der Waals surface area contributed by atoms with Crippen molar-refractivity contribution >= 4 is 51.9 Å². The van der Waals surface area contributed by atoms with E-state index in [1.807, 2.05) is 0 Å². The number of hydrogen-bond acceptors (Lipinski definition) is 7. The van der Waals surface area contributed by atoms with Crippen LogP contribution >= 0.6 is 24.0 Å². The molecule has 1 saturated heterocycles. The van der Waals surface area contributed by atoms with Crippen molar-refractivity contribution in [3.63, 3.8) is 0 Å². The number of hydrogen-bond donors (Lipinski definition) is 1. The molecule has 2 aromatic carbocycles. The molecule has 0 bridgehead atoms. The topological polar surface area (TPSA) is 98.5 Å². The summed E-state index contributed by atoms with van der Waals surface area (Å²) in [5, 5.41) is 13.5. The van der Waals surface area contributed by atoms with Crippen LogP contribution in [-0.4, -0.2) is 21.1 Å². The maximum Gasteiger partial charge on any atom is 0.343 e. The number of thiocarbonyl (C=S) groups is 1. The van der Waals surface area contributed by atoms with Gasteiger partial charge in [-0.3, -0.25) is 14.9 Å². The second-order valence-electron chi connectivity index (χ2n) is 5.57. The van der Waals surface area contributed by atoms with Gasteiger partial charge >= 0.3 is 5.97 Å². The summed E-state index contributed by atoms with van der Waals surface area (Å²) >= 11 is 6.10. The van der Waals surface area contributed by atoms with Gasteiger partial charge in [0.25, 0.3) is 11.6 Å². The average molecular weight is 400 g/mol. The fraction of sp³-hybridized carbons (Fsp3) is 0.0556. The molecule has 1 aliphatic rings. The molecule has 0 saturated carbocycles. The third-order valence-corrected chi connectivity index (χ3v) is 4.83. The fourth-order valence-corrected chi connectivity index (χ4v) is 3.35. The van der Waals surface area contributed by atoms with Gasteiger partial charge in [-0.25, -0.2) is 4.79 Å². The predicted octanol–water partition coefficient (Wildman–Crippen LogP) is 3.61. The first kappa shape index (κ1) is 18.7. The lowest BCUT2D eigenvalue weighted by Gasteiger charge is -2.06. The van der Waals surface area contributed by atoms with Crippen LogP contribution in [-0.2, 0) is 4.79 Å². The Morgan fingerprint density at radius 3 is 2.56 bits per heavy atom. The number of nitro benzene ring substituents is 1. The fourth-order valence-electron chi connectivity index (χ4n) is 2.30. The second-order valence-corrected chi connectivity index (χ2v) is 7.29. The van der Waals surface area contributed by atoms with Crippen molar-refractivity contribution in [2.45, 2.75) is 6.92 Å². The quantitative estimate of drug-likeness (QED) is 0.209. The number of ether oxygens (including phenoxy) is 1. The van der Waals surface area contributed by atoms with Gasteiger partial charge in [-0.15, -0.1) is 0 Å². The molecule has 3 rings (SSSR count). The van der Waals surface area contributed by atoms with Crippen molar-refractivity contribution < 1.29 is 19.2 Å². The molecule has 0 radical (unpaired) electrons. The van der Waals surface area contributed by atoms with E-state index in [-0.39, 0.29) is 22.9 Å². The maximum atomic E-state index is 12.2. The van der Waals surface area contributed by atoms with E-state index in [0.29, 0.717) is 14.8 Å². The zero-order valence-electron chi connectivity index (χ0n) is 13.9. The molecule has 0 unspecified atom stereocenters. The van der Waals surface area contributed by atoms with Gasteiger partial charge in [0.2, 0.25) is 0 Å². The first-order valence-corrected chi connectivity index (χ1v) is 8.88. The standard InChI is InChI=1S/C18H12N2O5S2/c1-10-2-5-12(9-14(10)20(23)24)17(22)25-13-6-3-11(4-7-13)8-15-16(21)19-18(26)27-15/h2-9H,1H3,(H,19,21,26)/b15-8+. The third kappa shape index (κ3) is 4.39. The van der Waals surface area contributed by atoms with Crippen molar-refractivity contribution in [1.29, 1.82) is 0 Å². The van der Waals surface area contributed by atoms with Crippen LogP contribution in [0.5, 0.6) is 5.75 Å². The van der Waals surface area contributed by atoms with Gasteiger partial charge in [0, 0.05) is 11.6 Å². The highest BCUT2D eigenvalue weighted by Crippen LogP contribution is 2.26. The Bertz CT molecular complexity index is 999. The number of rotatable bonds is 4. The van der Waals surface area contributed by atoms with Gasteiger partial charge in [0.1, 0.15) is 10.1 Å². The molecule has 0 aromatic heterocycles. The Morgan fingerprint density at radius 1 is 1.26 bits per heavy atom. The molecule has 0 atom stereocenters. The van der Waals surface area contributed by atoms with Crippen LogP contribution in [0.15, 0.2) is 47.4 Å². The van der Waals surface area contributed by atoms with Gasteiger partial charge < -0.3 is 10.1 Å². The number of thioether (sulfide) groups is 1. The van der Waals surface area contributed by atoms with E-state index >= 15 is 0 Å². The number of nitrogens with one attached hydrogen (secondary N) is 1. The molecule has 1 N–H and O–H groups in total. The second kappa shape index (κ2) is 7.68. The van der Waals surface area contributed by atoms with E-state index in [2.05, 4.69) is 5.32 Å². The molecular formula is C18H12N2O5S2. The number of aryl methyl sites for hydroxylation is 1. The SMILES string of the molecule is Cc1ccc(C(=O)Oc2ccc(/C=C3/SC(=S)NC3=O)cc2)cc1[N+](=O)[O-]. The zero-order valence-corrected chi connectivity index (χ0v) is 15.6. The van der Waals surface area contributed by atoms with Crippen molar-refractivity contribution in [3.05, 3.63) is 74.2 Å². The van der Waals surface area contributed by atoms with Crippen molar-refractivity contribution in [3.8, 4) is 5.75 Å². The molecule has 136 valence electrons. The summed E-state index contributed by atoms with van der Waals surface area (Å²) in [4.78, 5) is 34.8. The first-order valence-electron chi connectivity index (χ1n) is 7.65. The molecular weight excluding hydrogens is 388 g/mol. The van der Waals surface area contributed by atoms with Crippen molar-refractivity contribution in [1.82, 2.24) is 5.32 Å². The van der Waals surface area contributed by atoms with Gasteiger partial charge in [0.05, 0.1) is 15.4 Å². The number of nitrogens with zero attached hydrogens (tertiary/aromatic N) is 1. The molecule has 7 nitrogen and oxygen atoms in total. The van der Waals surface area contributed by atoms with Crippen LogP contribution in [0, 0.1) is 17.0 Å². The average Bonchev–Trinajstić information content (AvgIpc) is 2.93. The van der Waals surface area contributed by atoms with Gasteiger partial charge in [0.15, 0.2) is 0 Å². The summed E-state index contributed by atoms with van der Waals surface area (Å²) in [6.07, 6.45) is 1.67. The highest BCUT2D eigenvalue weighted by atomic mass is 32.2. The molecule has 1 fully saturated rings. The molecule has 2 aromatic rings.